The second-order valence-electron chi connectivity index (χ2n) is 36.9. The molecule has 3 heterocycles. The van der Waals surface area contributed by atoms with Crippen molar-refractivity contribution in [2.24, 2.45) is 10.7 Å². The molecule has 622 valence electrons. The van der Waals surface area contributed by atoms with Crippen LogP contribution in [-0.2, 0) is 65.9 Å². The quantitative estimate of drug-likeness (QED) is 0.0248. The van der Waals surface area contributed by atoms with Crippen molar-refractivity contribution in [3.8, 4) is 6.19 Å². The Labute approximate surface area is 729 Å². The summed E-state index contributed by atoms with van der Waals surface area (Å²) < 4.78 is 14.5. The number of nitrogens with one attached hydrogen (secondary N) is 1. The minimum atomic E-state index is -0.861. The SMILES string of the molecule is CC(C)c1cccc(C(C)C)c1N=C(Nc1c(C(C)C)cccc1C(C)C)c1ccccc1.CC(C)c1cccc(C(C)C)c1[N-]C([N-]c1c(C(C)C)cccc1C(C)C)c1ccccc1.N#CN.[CH-]1CCCO1.[CH-]1CCCO1.[CH-]1CCCO1.[CH2-][Si](C)(C)C.[CH2-][Si](C)(C)C.[CH2-][Si](C)(C)C.[CH2-][Si](C)(C)C.[CH2-][Si](C)(C)C.[Sc].[Sc]. The van der Waals surface area contributed by atoms with E-state index in [1.54, 1.807) is 0 Å². The van der Waals surface area contributed by atoms with Crippen molar-refractivity contribution in [1.82, 2.24) is 0 Å². The Hall–Kier alpha value is -3.62. The Balaban J connectivity index is -0.000000667. The molecule has 0 spiro atoms. The van der Waals surface area contributed by atoms with Gasteiger partial charge in [-0.25, -0.2) is 24.8 Å². The van der Waals surface area contributed by atoms with Crippen LogP contribution in [0.1, 0.15) is 258 Å². The summed E-state index contributed by atoms with van der Waals surface area (Å²) in [6.45, 7) is 97.2. The standard InChI is InChI=1S/2C31H40N2.3C4H7O.5C4H11Si.CH2N2.2Sc/c2*1-20(2)25-16-12-17-26(21(3)4)29(25)32-31(24-14-10-9-11-15-24)33-30-27(22(5)6)18-13-19-28(30)23(7)8;3*1-2-4-5-3-1;5*1-5(2,3)4;2-1-3;;/h9-23H,1-8H3,(H,32,33);9-23,31H,1-8H3;3*3H,1-2,4H2;5*1H2,2-4H3;2H2;;/q;-2;8*-1;;;. The minimum absolute atomic E-state index is 0. The van der Waals surface area contributed by atoms with Gasteiger partial charge in [0.15, 0.2) is 6.19 Å². The average molecular weight is 1660 g/mol. The van der Waals surface area contributed by atoms with E-state index in [0.29, 0.717) is 47.3 Å². The number of hydrogen-bond acceptors (Lipinski definition) is 6. The number of anilines is 1. The van der Waals surface area contributed by atoms with Gasteiger partial charge in [0.25, 0.3) is 0 Å². The Bertz CT molecular complexity index is 3090. The number of ether oxygens (including phenoxy) is 3. The second-order valence-corrected chi connectivity index (χ2v) is 62.5. The third kappa shape index (κ3) is 59.7. The van der Waals surface area contributed by atoms with Gasteiger partial charge in [-0.1, -0.05) is 390 Å². The molecule has 0 unspecified atom stereocenters. The number of nitriles is 1. The molecule has 0 atom stereocenters. The van der Waals surface area contributed by atoms with Crippen LogP contribution in [0.2, 0.25) is 98.2 Å². The summed E-state index contributed by atoms with van der Waals surface area (Å²) >= 11 is 0. The van der Waals surface area contributed by atoms with Gasteiger partial charge < -0.3 is 68.6 Å². The van der Waals surface area contributed by atoms with Crippen LogP contribution in [0.4, 0.5) is 22.7 Å². The van der Waals surface area contributed by atoms with Crippen molar-refractivity contribution in [2.75, 3.05) is 25.1 Å². The van der Waals surface area contributed by atoms with Gasteiger partial charge in [0.1, 0.15) is 5.84 Å². The van der Waals surface area contributed by atoms with Crippen LogP contribution in [0, 0.1) is 64.0 Å². The van der Waals surface area contributed by atoms with E-state index in [1.807, 2.05) is 19.8 Å². The zero-order chi connectivity index (χ0) is 84.1. The molecule has 111 heavy (non-hydrogen) atoms. The first-order valence-electron chi connectivity index (χ1n) is 40.4. The summed E-state index contributed by atoms with van der Waals surface area (Å²) in [4.78, 5) is 5.37. The summed E-state index contributed by atoms with van der Waals surface area (Å²) in [7, 11) is -4.31. The number of nitrogens with zero attached hydrogens (tertiary/aromatic N) is 4. The molecule has 9 rings (SSSR count). The first-order valence-corrected chi connectivity index (χ1v) is 58.9. The molecule has 3 N–H and O–H groups in total. The van der Waals surface area contributed by atoms with E-state index in [0.717, 1.165) is 73.1 Å². The molecular formula is C95H158N6O3Sc2Si5-10. The topological polar surface area (TPSA) is 130 Å². The van der Waals surface area contributed by atoms with Gasteiger partial charge >= 0.3 is 0 Å². The van der Waals surface area contributed by atoms with E-state index in [9.17, 15) is 0 Å². The maximum absolute atomic E-state index is 7.10. The van der Waals surface area contributed by atoms with E-state index < -0.39 is 40.4 Å². The number of aliphatic imine (C=N–C) groups is 1. The summed E-state index contributed by atoms with van der Waals surface area (Å²) in [6, 6.07) is 47.6. The van der Waals surface area contributed by atoms with Crippen molar-refractivity contribution < 1.29 is 65.9 Å². The van der Waals surface area contributed by atoms with Crippen molar-refractivity contribution in [1.29, 1.82) is 5.26 Å². The number of rotatable bonds is 16. The molecule has 3 fully saturated rings. The molecule has 3 aliphatic rings. The van der Waals surface area contributed by atoms with Crippen LogP contribution >= 0.6 is 0 Å². The molecule has 0 aliphatic carbocycles. The number of nitrogens with two attached hydrogens (primary N) is 1. The van der Waals surface area contributed by atoms with Gasteiger partial charge in [0.2, 0.25) is 0 Å². The molecule has 0 amide bonds. The maximum atomic E-state index is 7.10. The van der Waals surface area contributed by atoms with Crippen molar-refractivity contribution in [2.45, 2.75) is 301 Å². The van der Waals surface area contributed by atoms with Crippen molar-refractivity contribution in [3.63, 3.8) is 0 Å². The zero-order valence-electron chi connectivity index (χ0n) is 76.3. The Kier molecular flexibility index (Phi) is 61.4. The van der Waals surface area contributed by atoms with Crippen LogP contribution in [0.3, 0.4) is 0 Å². The van der Waals surface area contributed by atoms with Crippen molar-refractivity contribution >= 4 is 69.0 Å². The average Bonchev–Trinajstić information content (AvgIpc) is 1.37. The largest absolute Gasteiger partial charge is 0.693 e. The molecule has 16 heteroatoms. The predicted octanol–water partition coefficient (Wildman–Crippen LogP) is 30.7. The Morgan fingerprint density at radius 3 is 0.820 bits per heavy atom. The van der Waals surface area contributed by atoms with Gasteiger partial charge in [0, 0.05) is 82.8 Å². The van der Waals surface area contributed by atoms with Crippen LogP contribution in [0.15, 0.2) is 138 Å². The maximum Gasteiger partial charge on any atom is 0.173 e. The van der Waals surface area contributed by atoms with Gasteiger partial charge in [0.05, 0.1) is 5.69 Å². The monoisotopic (exact) mass is 1660 g/mol. The zero-order valence-corrected chi connectivity index (χ0v) is 84.9. The normalized spacial score (nSPS) is 13.2. The number of benzene rings is 6. The molecular weight excluding hydrogens is 1500 g/mol. The van der Waals surface area contributed by atoms with Crippen LogP contribution in [-0.4, -0.2) is 66.0 Å². The van der Waals surface area contributed by atoms with Crippen molar-refractivity contribution in [3.05, 3.63) is 252 Å². The molecule has 3 aliphatic heterocycles. The molecule has 6 aromatic rings. The van der Waals surface area contributed by atoms with E-state index in [1.165, 1.54) is 75.7 Å². The first kappa shape index (κ1) is 114. The Morgan fingerprint density at radius 2 is 0.613 bits per heavy atom. The molecule has 6 aromatic carbocycles. The third-order valence-corrected chi connectivity index (χ3v) is 14.6. The smallest absolute Gasteiger partial charge is 0.173 e. The fourth-order valence-corrected chi connectivity index (χ4v) is 9.95. The van der Waals surface area contributed by atoms with Crippen LogP contribution in [0.5, 0.6) is 0 Å². The van der Waals surface area contributed by atoms with E-state index >= 15 is 0 Å². The van der Waals surface area contributed by atoms with Gasteiger partial charge in [-0.3, -0.25) is 0 Å². The van der Waals surface area contributed by atoms with E-state index in [4.69, 9.17) is 35.1 Å². The predicted molar refractivity (Wildman–Crippen MR) is 502 cm³/mol. The Morgan fingerprint density at radius 1 is 0.387 bits per heavy atom. The summed E-state index contributed by atoms with van der Waals surface area (Å²) in [5, 5.41) is 21.7. The van der Waals surface area contributed by atoms with Crippen LogP contribution in [0.25, 0.3) is 10.6 Å². The molecule has 9 nitrogen and oxygen atoms in total. The molecule has 2 radical (unpaired) electrons. The minimum Gasteiger partial charge on any atom is -0.693 e. The van der Waals surface area contributed by atoms with Gasteiger partial charge in [-0.2, -0.15) is 30.7 Å². The second kappa shape index (κ2) is 60.0. The van der Waals surface area contributed by atoms with Crippen LogP contribution < -0.4 is 11.1 Å². The molecule has 0 bridgehead atoms. The van der Waals surface area contributed by atoms with E-state index in [-0.39, 0.29) is 57.9 Å². The number of para-hydroxylation sites is 4. The third-order valence-electron chi connectivity index (χ3n) is 14.6. The molecule has 0 saturated carbocycles. The molecule has 0 aromatic heterocycles. The van der Waals surface area contributed by atoms with E-state index in [2.05, 4.69) is 386 Å². The van der Waals surface area contributed by atoms with Gasteiger partial charge in [-0.05, 0) is 69.6 Å². The summed E-state index contributed by atoms with van der Waals surface area (Å²) in [5.74, 6) is 4.11. The number of amidine groups is 1. The summed E-state index contributed by atoms with van der Waals surface area (Å²) in [6.07, 6.45) is 8.08. The molecule has 3 saturated heterocycles. The van der Waals surface area contributed by atoms with Gasteiger partial charge in [-0.15, -0.1) is 51.7 Å². The fraction of sp³-hybridized carbons (Fsp3) is 0.516. The summed E-state index contributed by atoms with van der Waals surface area (Å²) in [5.41, 5.74) is 21.3. The first-order chi connectivity index (χ1) is 50.3. The number of hydrogen-bond donors (Lipinski definition) is 2. The fourth-order valence-electron chi connectivity index (χ4n) is 9.95.